The highest BCUT2D eigenvalue weighted by molar-refractivity contribution is 5.44. The van der Waals surface area contributed by atoms with Gasteiger partial charge in [0.1, 0.15) is 12.4 Å². The number of rotatable bonds is 4. The predicted octanol–water partition coefficient (Wildman–Crippen LogP) is 1.66. The van der Waals surface area contributed by atoms with Gasteiger partial charge in [0.15, 0.2) is 0 Å². The van der Waals surface area contributed by atoms with Gasteiger partial charge in [-0.15, -0.1) is 0 Å². The van der Waals surface area contributed by atoms with Crippen LogP contribution in [0, 0.1) is 0 Å². The Hall–Kier alpha value is -1.06. The Balaban J connectivity index is 2.12. The molecule has 82 valence electrons. The van der Waals surface area contributed by atoms with Crippen molar-refractivity contribution in [2.45, 2.75) is 18.9 Å². The molecule has 2 rings (SSSR count). The standard InChI is InChI=1S/C12H17NO2/c1-14-7-8-15-12-4-2-3-9-10(12)5-6-11(9)13/h2-4,11H,5-8,13H2,1H3. The van der Waals surface area contributed by atoms with Crippen LogP contribution >= 0.6 is 0 Å². The van der Waals surface area contributed by atoms with Crippen LogP contribution in [0.25, 0.3) is 0 Å². The molecule has 0 saturated heterocycles. The molecule has 15 heavy (non-hydrogen) atoms. The minimum atomic E-state index is 0.186. The van der Waals surface area contributed by atoms with E-state index >= 15 is 0 Å². The summed E-state index contributed by atoms with van der Waals surface area (Å²) in [7, 11) is 1.68. The molecule has 1 aromatic rings. The monoisotopic (exact) mass is 207 g/mol. The van der Waals surface area contributed by atoms with Crippen LogP contribution in [0.4, 0.5) is 0 Å². The lowest BCUT2D eigenvalue weighted by Crippen LogP contribution is -2.07. The molecule has 0 aromatic heterocycles. The number of hydrogen-bond acceptors (Lipinski definition) is 3. The molecule has 0 fully saturated rings. The van der Waals surface area contributed by atoms with Gasteiger partial charge in [-0.2, -0.15) is 0 Å². The van der Waals surface area contributed by atoms with Crippen LogP contribution in [0.5, 0.6) is 5.75 Å². The first kappa shape index (κ1) is 10.5. The van der Waals surface area contributed by atoms with Crippen molar-refractivity contribution in [1.29, 1.82) is 0 Å². The van der Waals surface area contributed by atoms with Crippen molar-refractivity contribution in [3.63, 3.8) is 0 Å². The summed E-state index contributed by atoms with van der Waals surface area (Å²) in [6, 6.07) is 6.29. The molecule has 0 radical (unpaired) electrons. The second-order valence-electron chi connectivity index (χ2n) is 3.81. The Morgan fingerprint density at radius 3 is 3.07 bits per heavy atom. The van der Waals surface area contributed by atoms with Crippen LogP contribution in [-0.2, 0) is 11.2 Å². The van der Waals surface area contributed by atoms with Gasteiger partial charge in [-0.1, -0.05) is 12.1 Å². The van der Waals surface area contributed by atoms with E-state index in [0.29, 0.717) is 13.2 Å². The van der Waals surface area contributed by atoms with E-state index in [0.717, 1.165) is 18.6 Å². The summed E-state index contributed by atoms with van der Waals surface area (Å²) in [4.78, 5) is 0. The topological polar surface area (TPSA) is 44.5 Å². The van der Waals surface area contributed by atoms with E-state index in [4.69, 9.17) is 15.2 Å². The van der Waals surface area contributed by atoms with E-state index in [1.807, 2.05) is 12.1 Å². The normalized spacial score (nSPS) is 18.9. The number of ether oxygens (including phenoxy) is 2. The molecular formula is C12H17NO2. The molecule has 0 spiro atoms. The van der Waals surface area contributed by atoms with Crippen molar-refractivity contribution < 1.29 is 9.47 Å². The Labute approximate surface area is 90.2 Å². The molecule has 0 saturated carbocycles. The summed E-state index contributed by atoms with van der Waals surface area (Å²) in [5.74, 6) is 0.970. The van der Waals surface area contributed by atoms with Crippen LogP contribution in [0.2, 0.25) is 0 Å². The van der Waals surface area contributed by atoms with Gasteiger partial charge in [-0.05, 0) is 30.0 Å². The van der Waals surface area contributed by atoms with Gasteiger partial charge in [0.05, 0.1) is 6.61 Å². The molecule has 1 aromatic carbocycles. The number of benzene rings is 1. The van der Waals surface area contributed by atoms with Crippen molar-refractivity contribution in [3.05, 3.63) is 29.3 Å². The third-order valence-electron chi connectivity index (χ3n) is 2.82. The number of hydrogen-bond donors (Lipinski definition) is 1. The van der Waals surface area contributed by atoms with E-state index < -0.39 is 0 Å². The molecule has 1 atom stereocenters. The maximum Gasteiger partial charge on any atom is 0.122 e. The highest BCUT2D eigenvalue weighted by Crippen LogP contribution is 2.35. The van der Waals surface area contributed by atoms with E-state index in [1.54, 1.807) is 7.11 Å². The van der Waals surface area contributed by atoms with Gasteiger partial charge in [0.2, 0.25) is 0 Å². The lowest BCUT2D eigenvalue weighted by molar-refractivity contribution is 0.146. The van der Waals surface area contributed by atoms with E-state index in [-0.39, 0.29) is 6.04 Å². The molecule has 3 nitrogen and oxygen atoms in total. The lowest BCUT2D eigenvalue weighted by Gasteiger charge is -2.11. The van der Waals surface area contributed by atoms with Crippen molar-refractivity contribution in [3.8, 4) is 5.75 Å². The van der Waals surface area contributed by atoms with Gasteiger partial charge >= 0.3 is 0 Å². The SMILES string of the molecule is COCCOc1cccc2c1CCC2N. The maximum absolute atomic E-state index is 5.99. The summed E-state index contributed by atoms with van der Waals surface area (Å²) >= 11 is 0. The molecule has 0 amide bonds. The lowest BCUT2D eigenvalue weighted by atomic mass is 10.1. The maximum atomic E-state index is 5.99. The molecule has 3 heteroatoms. The van der Waals surface area contributed by atoms with Crippen molar-refractivity contribution in [1.82, 2.24) is 0 Å². The Bertz CT molecular complexity index is 338. The van der Waals surface area contributed by atoms with Crippen LogP contribution in [0.3, 0.4) is 0 Å². The second-order valence-corrected chi connectivity index (χ2v) is 3.81. The fourth-order valence-corrected chi connectivity index (χ4v) is 2.02. The molecule has 0 aliphatic heterocycles. The van der Waals surface area contributed by atoms with Crippen LogP contribution in [0.15, 0.2) is 18.2 Å². The van der Waals surface area contributed by atoms with Crippen molar-refractivity contribution in [2.75, 3.05) is 20.3 Å². The molecule has 0 bridgehead atoms. The zero-order chi connectivity index (χ0) is 10.7. The Morgan fingerprint density at radius 2 is 2.27 bits per heavy atom. The molecular weight excluding hydrogens is 190 g/mol. The quantitative estimate of drug-likeness (QED) is 0.764. The van der Waals surface area contributed by atoms with E-state index in [2.05, 4.69) is 6.07 Å². The van der Waals surface area contributed by atoms with Crippen molar-refractivity contribution in [2.24, 2.45) is 5.73 Å². The average molecular weight is 207 g/mol. The first-order valence-corrected chi connectivity index (χ1v) is 5.32. The molecule has 2 N–H and O–H groups in total. The number of methoxy groups -OCH3 is 1. The summed E-state index contributed by atoms with van der Waals surface area (Å²) < 4.78 is 10.6. The first-order chi connectivity index (χ1) is 7.33. The highest BCUT2D eigenvalue weighted by Gasteiger charge is 2.21. The molecule has 1 unspecified atom stereocenters. The van der Waals surface area contributed by atoms with Crippen LogP contribution in [-0.4, -0.2) is 20.3 Å². The molecule has 0 heterocycles. The zero-order valence-corrected chi connectivity index (χ0v) is 9.03. The van der Waals surface area contributed by atoms with Gasteiger partial charge in [-0.25, -0.2) is 0 Å². The van der Waals surface area contributed by atoms with Gasteiger partial charge in [0.25, 0.3) is 0 Å². The minimum absolute atomic E-state index is 0.186. The fourth-order valence-electron chi connectivity index (χ4n) is 2.02. The van der Waals surface area contributed by atoms with Gasteiger partial charge < -0.3 is 15.2 Å². The third-order valence-corrected chi connectivity index (χ3v) is 2.82. The number of nitrogens with two attached hydrogens (primary N) is 1. The second kappa shape index (κ2) is 4.64. The van der Waals surface area contributed by atoms with Crippen molar-refractivity contribution >= 4 is 0 Å². The fraction of sp³-hybridized carbons (Fsp3) is 0.500. The average Bonchev–Trinajstić information content (AvgIpc) is 2.62. The smallest absolute Gasteiger partial charge is 0.122 e. The molecule has 1 aliphatic carbocycles. The zero-order valence-electron chi connectivity index (χ0n) is 9.03. The summed E-state index contributed by atoms with van der Waals surface area (Å²) in [5, 5.41) is 0. The van der Waals surface area contributed by atoms with Crippen LogP contribution < -0.4 is 10.5 Å². The minimum Gasteiger partial charge on any atom is -0.491 e. The highest BCUT2D eigenvalue weighted by atomic mass is 16.5. The largest absolute Gasteiger partial charge is 0.491 e. The summed E-state index contributed by atoms with van der Waals surface area (Å²) in [5.41, 5.74) is 8.51. The Morgan fingerprint density at radius 1 is 1.40 bits per heavy atom. The third kappa shape index (κ3) is 2.13. The Kier molecular flexibility index (Phi) is 3.23. The predicted molar refractivity (Wildman–Crippen MR) is 59.1 cm³/mol. The van der Waals surface area contributed by atoms with Gasteiger partial charge in [-0.3, -0.25) is 0 Å². The first-order valence-electron chi connectivity index (χ1n) is 5.32. The van der Waals surface area contributed by atoms with Gasteiger partial charge in [0, 0.05) is 13.2 Å². The molecule has 1 aliphatic rings. The summed E-state index contributed by atoms with van der Waals surface area (Å²) in [6.07, 6.45) is 2.06. The van der Waals surface area contributed by atoms with Crippen LogP contribution in [0.1, 0.15) is 23.6 Å². The van der Waals surface area contributed by atoms with E-state index in [9.17, 15) is 0 Å². The number of fused-ring (bicyclic) bond motifs is 1. The summed E-state index contributed by atoms with van der Waals surface area (Å²) in [6.45, 7) is 1.22. The van der Waals surface area contributed by atoms with E-state index in [1.165, 1.54) is 11.1 Å².